The molecule has 1 aliphatic rings. The molecule has 2 rings (SSSR count). The minimum atomic E-state index is -0.0155. The summed E-state index contributed by atoms with van der Waals surface area (Å²) in [5.74, 6) is 1.64. The van der Waals surface area contributed by atoms with E-state index in [9.17, 15) is 0 Å². The number of fused-ring (bicyclic) bond motifs is 1. The molecule has 0 aliphatic carbocycles. The largest absolute Gasteiger partial charge is 0.493 e. The first-order valence-corrected chi connectivity index (χ1v) is 6.53. The molecule has 5 nitrogen and oxygen atoms in total. The predicted molar refractivity (Wildman–Crippen MR) is 71.7 cm³/mol. The Morgan fingerprint density at radius 2 is 2.16 bits per heavy atom. The number of ether oxygens (including phenoxy) is 4. The van der Waals surface area contributed by atoms with Crippen molar-refractivity contribution in [3.8, 4) is 11.5 Å². The van der Waals surface area contributed by atoms with Crippen LogP contribution in [-0.4, -0.2) is 40.1 Å². The summed E-state index contributed by atoms with van der Waals surface area (Å²) in [5, 5.41) is 0. The molecule has 0 radical (unpaired) electrons. The fourth-order valence-electron chi connectivity index (χ4n) is 1.90. The Kier molecular flexibility index (Phi) is 5.44. The quantitative estimate of drug-likeness (QED) is 0.723. The zero-order chi connectivity index (χ0) is 13.5. The van der Waals surface area contributed by atoms with Gasteiger partial charge in [0.15, 0.2) is 0 Å². The Balaban J connectivity index is 1.67. The van der Waals surface area contributed by atoms with Crippen LogP contribution in [0.2, 0.25) is 0 Å². The SMILES string of the molecule is COCCOCCCOc1ccc2c(c1)OCC2N. The molecule has 0 spiro atoms. The molecule has 1 aromatic carbocycles. The second-order valence-electron chi connectivity index (χ2n) is 4.42. The third kappa shape index (κ3) is 4.09. The summed E-state index contributed by atoms with van der Waals surface area (Å²) in [6, 6.07) is 5.78. The molecule has 1 atom stereocenters. The van der Waals surface area contributed by atoms with Crippen LogP contribution in [0, 0.1) is 0 Å². The maximum absolute atomic E-state index is 5.88. The molecule has 0 bridgehead atoms. The number of hydrogen-bond donors (Lipinski definition) is 1. The summed E-state index contributed by atoms with van der Waals surface area (Å²) in [5.41, 5.74) is 6.93. The zero-order valence-electron chi connectivity index (χ0n) is 11.3. The molecule has 0 aromatic heterocycles. The molecular formula is C14H21NO4. The first-order valence-electron chi connectivity index (χ1n) is 6.53. The van der Waals surface area contributed by atoms with Gasteiger partial charge in [0.2, 0.25) is 0 Å². The van der Waals surface area contributed by atoms with Gasteiger partial charge in [-0.15, -0.1) is 0 Å². The van der Waals surface area contributed by atoms with Crippen LogP contribution in [0.25, 0.3) is 0 Å². The van der Waals surface area contributed by atoms with Gasteiger partial charge in [0.05, 0.1) is 25.9 Å². The van der Waals surface area contributed by atoms with E-state index in [1.807, 2.05) is 18.2 Å². The fraction of sp³-hybridized carbons (Fsp3) is 0.571. The van der Waals surface area contributed by atoms with Crippen LogP contribution in [0.15, 0.2) is 18.2 Å². The summed E-state index contributed by atoms with van der Waals surface area (Å²) < 4.78 is 21.4. The number of methoxy groups -OCH3 is 1. The van der Waals surface area contributed by atoms with Crippen LogP contribution in [0.5, 0.6) is 11.5 Å². The van der Waals surface area contributed by atoms with Crippen molar-refractivity contribution in [1.82, 2.24) is 0 Å². The molecule has 1 heterocycles. The molecule has 1 aliphatic heterocycles. The molecule has 0 saturated carbocycles. The standard InChI is InChI=1S/C14H21NO4/c1-16-7-8-17-5-2-6-18-11-3-4-12-13(15)10-19-14(12)9-11/h3-4,9,13H,2,5-8,10,15H2,1H3. The maximum atomic E-state index is 5.88. The second kappa shape index (κ2) is 7.33. The van der Waals surface area contributed by atoms with Crippen molar-refractivity contribution in [2.75, 3.05) is 40.1 Å². The molecule has 106 valence electrons. The van der Waals surface area contributed by atoms with Crippen molar-refractivity contribution in [1.29, 1.82) is 0 Å². The highest BCUT2D eigenvalue weighted by Gasteiger charge is 2.20. The summed E-state index contributed by atoms with van der Waals surface area (Å²) in [4.78, 5) is 0. The average Bonchev–Trinajstić information content (AvgIpc) is 2.79. The minimum absolute atomic E-state index is 0.0155. The first kappa shape index (κ1) is 14.1. The third-order valence-electron chi connectivity index (χ3n) is 2.94. The van der Waals surface area contributed by atoms with E-state index in [2.05, 4.69) is 0 Å². The number of benzene rings is 1. The second-order valence-corrected chi connectivity index (χ2v) is 4.42. The first-order chi connectivity index (χ1) is 9.31. The molecule has 0 saturated heterocycles. The number of rotatable bonds is 8. The fourth-order valence-corrected chi connectivity index (χ4v) is 1.90. The molecule has 19 heavy (non-hydrogen) atoms. The van der Waals surface area contributed by atoms with E-state index < -0.39 is 0 Å². The Bertz CT molecular complexity index is 397. The highest BCUT2D eigenvalue weighted by molar-refractivity contribution is 5.44. The Morgan fingerprint density at radius 1 is 1.26 bits per heavy atom. The van der Waals surface area contributed by atoms with Crippen LogP contribution >= 0.6 is 0 Å². The van der Waals surface area contributed by atoms with Crippen molar-refractivity contribution < 1.29 is 18.9 Å². The van der Waals surface area contributed by atoms with Gasteiger partial charge in [-0.05, 0) is 12.1 Å². The molecule has 0 amide bonds. The predicted octanol–water partition coefficient (Wildman–Crippen LogP) is 1.51. The van der Waals surface area contributed by atoms with Gasteiger partial charge < -0.3 is 24.7 Å². The van der Waals surface area contributed by atoms with Crippen LogP contribution in [0.1, 0.15) is 18.0 Å². The molecule has 1 aromatic rings. The van der Waals surface area contributed by atoms with Gasteiger partial charge in [-0.1, -0.05) is 0 Å². The van der Waals surface area contributed by atoms with Crippen molar-refractivity contribution >= 4 is 0 Å². The number of hydrogen-bond acceptors (Lipinski definition) is 5. The summed E-state index contributed by atoms with van der Waals surface area (Å²) in [6.07, 6.45) is 0.848. The van der Waals surface area contributed by atoms with Crippen LogP contribution in [0.3, 0.4) is 0 Å². The van der Waals surface area contributed by atoms with Gasteiger partial charge in [0.25, 0.3) is 0 Å². The summed E-state index contributed by atoms with van der Waals surface area (Å²) >= 11 is 0. The van der Waals surface area contributed by atoms with Gasteiger partial charge in [-0.25, -0.2) is 0 Å². The van der Waals surface area contributed by atoms with Gasteiger partial charge in [0, 0.05) is 31.8 Å². The lowest BCUT2D eigenvalue weighted by Crippen LogP contribution is -2.10. The molecule has 5 heteroatoms. The molecule has 0 fully saturated rings. The van der Waals surface area contributed by atoms with Crippen LogP contribution in [-0.2, 0) is 9.47 Å². The van der Waals surface area contributed by atoms with Crippen molar-refractivity contribution in [2.24, 2.45) is 5.73 Å². The average molecular weight is 267 g/mol. The van der Waals surface area contributed by atoms with Crippen LogP contribution in [0.4, 0.5) is 0 Å². The normalized spacial score (nSPS) is 17.1. The molecule has 2 N–H and O–H groups in total. The van der Waals surface area contributed by atoms with E-state index in [4.69, 9.17) is 24.7 Å². The lowest BCUT2D eigenvalue weighted by atomic mass is 10.1. The summed E-state index contributed by atoms with van der Waals surface area (Å²) in [7, 11) is 1.66. The monoisotopic (exact) mass is 267 g/mol. The van der Waals surface area contributed by atoms with E-state index in [1.165, 1.54) is 0 Å². The molecular weight excluding hydrogens is 246 g/mol. The van der Waals surface area contributed by atoms with E-state index in [-0.39, 0.29) is 6.04 Å². The maximum Gasteiger partial charge on any atom is 0.127 e. The smallest absolute Gasteiger partial charge is 0.127 e. The van der Waals surface area contributed by atoms with E-state index in [1.54, 1.807) is 7.11 Å². The van der Waals surface area contributed by atoms with E-state index in [0.717, 1.165) is 23.5 Å². The number of nitrogens with two attached hydrogens (primary N) is 1. The Hall–Kier alpha value is -1.30. The minimum Gasteiger partial charge on any atom is -0.493 e. The van der Waals surface area contributed by atoms with Gasteiger partial charge in [0.1, 0.15) is 18.1 Å². The van der Waals surface area contributed by atoms with E-state index >= 15 is 0 Å². The van der Waals surface area contributed by atoms with Gasteiger partial charge in [-0.2, -0.15) is 0 Å². The van der Waals surface area contributed by atoms with Crippen LogP contribution < -0.4 is 15.2 Å². The lowest BCUT2D eigenvalue weighted by molar-refractivity contribution is 0.0644. The van der Waals surface area contributed by atoms with Crippen molar-refractivity contribution in [2.45, 2.75) is 12.5 Å². The van der Waals surface area contributed by atoms with Crippen molar-refractivity contribution in [3.63, 3.8) is 0 Å². The zero-order valence-corrected chi connectivity index (χ0v) is 11.3. The lowest BCUT2D eigenvalue weighted by Gasteiger charge is -2.08. The molecule has 1 unspecified atom stereocenters. The van der Waals surface area contributed by atoms with Gasteiger partial charge >= 0.3 is 0 Å². The summed E-state index contributed by atoms with van der Waals surface area (Å²) in [6.45, 7) is 3.10. The highest BCUT2D eigenvalue weighted by atomic mass is 16.5. The highest BCUT2D eigenvalue weighted by Crippen LogP contribution is 2.33. The Labute approximate surface area is 113 Å². The van der Waals surface area contributed by atoms with Crippen molar-refractivity contribution in [3.05, 3.63) is 23.8 Å². The van der Waals surface area contributed by atoms with E-state index in [0.29, 0.717) is 33.0 Å². The van der Waals surface area contributed by atoms with Gasteiger partial charge in [-0.3, -0.25) is 0 Å². The topological polar surface area (TPSA) is 62.9 Å². The third-order valence-corrected chi connectivity index (χ3v) is 2.94. The Morgan fingerprint density at radius 3 is 3.00 bits per heavy atom.